The van der Waals surface area contributed by atoms with Gasteiger partial charge in [-0.2, -0.15) is 0 Å². The Morgan fingerprint density at radius 1 is 1.20 bits per heavy atom. The van der Waals surface area contributed by atoms with Crippen LogP contribution in [0.4, 0.5) is 0 Å². The van der Waals surface area contributed by atoms with Gasteiger partial charge in [-0.1, -0.05) is 47.5 Å². The molecule has 0 unspecified atom stereocenters. The van der Waals surface area contributed by atoms with Crippen molar-refractivity contribution in [3.05, 3.63) is 65.5 Å². The maximum atomic E-state index is 8.00. The monoisotopic (exact) mass is 344 g/mol. The Hall–Kier alpha value is -1.79. The van der Waals surface area contributed by atoms with E-state index in [-0.39, 0.29) is 32.7 Å². The number of benzene rings is 1. The fourth-order valence-electron chi connectivity index (χ4n) is 1.65. The van der Waals surface area contributed by atoms with Crippen LogP contribution >= 0.6 is 0 Å². The number of aromatic nitrogens is 2. The minimum Gasteiger partial charge on any atom is -0.457 e. The van der Waals surface area contributed by atoms with E-state index in [1.807, 2.05) is 36.4 Å². The van der Waals surface area contributed by atoms with Crippen LogP contribution in [0.1, 0.15) is 5.69 Å². The van der Waals surface area contributed by atoms with Crippen molar-refractivity contribution in [2.24, 2.45) is 5.34 Å². The molecule has 0 atom stereocenters. The van der Waals surface area contributed by atoms with Crippen molar-refractivity contribution in [2.75, 3.05) is 0 Å². The predicted molar refractivity (Wildman–Crippen MR) is 70.9 cm³/mol. The zero-order valence-corrected chi connectivity index (χ0v) is 13.2. The van der Waals surface area contributed by atoms with Crippen LogP contribution in [0.15, 0.2) is 52.5 Å². The minimum atomic E-state index is 0. The van der Waals surface area contributed by atoms with Crippen LogP contribution in [0.25, 0.3) is 22.4 Å². The summed E-state index contributed by atoms with van der Waals surface area (Å²) in [5.41, 5.74) is 2.30. The number of rotatable bonds is 1. The van der Waals surface area contributed by atoms with Gasteiger partial charge in [-0.05, 0) is 0 Å². The second-order valence-electron chi connectivity index (χ2n) is 3.59. The molecule has 99 valence electrons. The summed E-state index contributed by atoms with van der Waals surface area (Å²) >= 11 is 0. The molecule has 0 N–H and O–H groups in total. The fourth-order valence-corrected chi connectivity index (χ4v) is 1.65. The van der Waals surface area contributed by atoms with E-state index in [9.17, 15) is 0 Å². The summed E-state index contributed by atoms with van der Waals surface area (Å²) in [7, 11) is 0. The molecule has 0 aliphatic rings. The van der Waals surface area contributed by atoms with E-state index in [2.05, 4.69) is 16.9 Å². The molecule has 7 heteroatoms. The van der Waals surface area contributed by atoms with Gasteiger partial charge in [0.15, 0.2) is 0 Å². The Labute approximate surface area is 140 Å². The summed E-state index contributed by atoms with van der Waals surface area (Å²) in [6, 6.07) is 11.8. The SMILES string of the molecule is O=N[O-].[CH2-]c1ncnc2oc(-c3ccccc3)cc12.[Y]. The smallest absolute Gasteiger partial charge is 0.147 e. The van der Waals surface area contributed by atoms with Gasteiger partial charge in [-0.25, -0.2) is 11.9 Å². The summed E-state index contributed by atoms with van der Waals surface area (Å²) in [4.78, 5) is 16.1. The molecule has 3 rings (SSSR count). The average Bonchev–Trinajstić information content (AvgIpc) is 2.86. The van der Waals surface area contributed by atoms with Gasteiger partial charge in [0.05, 0.1) is 0 Å². The third-order valence-electron chi connectivity index (χ3n) is 2.47. The van der Waals surface area contributed by atoms with E-state index in [0.29, 0.717) is 11.4 Å². The van der Waals surface area contributed by atoms with Crippen LogP contribution in [-0.2, 0) is 32.7 Å². The van der Waals surface area contributed by atoms with E-state index in [1.54, 1.807) is 0 Å². The Morgan fingerprint density at radius 2 is 1.85 bits per heavy atom. The zero-order chi connectivity index (χ0) is 13.7. The van der Waals surface area contributed by atoms with Crippen molar-refractivity contribution in [3.8, 4) is 11.3 Å². The standard InChI is InChI=1S/C13H9N2O.HNO2.Y/c1-9-11-7-12(10-5-3-2-4-6-10)16-13(11)15-8-14-9;2-1-3;/h2-8H,1H2;(H,2,3);/q-1;;/p-1. The second kappa shape index (κ2) is 7.72. The van der Waals surface area contributed by atoms with Crippen LogP contribution in [-0.4, -0.2) is 9.97 Å². The molecule has 0 amide bonds. The van der Waals surface area contributed by atoms with Gasteiger partial charge in [0.25, 0.3) is 0 Å². The first-order chi connectivity index (χ1) is 9.26. The molecule has 6 nitrogen and oxygen atoms in total. The third-order valence-corrected chi connectivity index (χ3v) is 2.47. The average molecular weight is 344 g/mol. The van der Waals surface area contributed by atoms with Gasteiger partial charge in [0, 0.05) is 38.3 Å². The van der Waals surface area contributed by atoms with E-state index in [1.165, 1.54) is 6.33 Å². The number of fused-ring (bicyclic) bond motifs is 1. The molecule has 0 aliphatic carbocycles. The first-order valence-electron chi connectivity index (χ1n) is 5.33. The molecule has 0 saturated heterocycles. The molecular formula is C13H9N3O3Y-2. The van der Waals surface area contributed by atoms with Crippen LogP contribution < -0.4 is 0 Å². The summed E-state index contributed by atoms with van der Waals surface area (Å²) in [5, 5.41) is 9.86. The molecule has 1 aromatic carbocycles. The summed E-state index contributed by atoms with van der Waals surface area (Å²) in [6.45, 7) is 3.84. The van der Waals surface area contributed by atoms with Crippen LogP contribution in [0.2, 0.25) is 0 Å². The Bertz CT molecular complexity index is 686. The summed E-state index contributed by atoms with van der Waals surface area (Å²) in [5.74, 6) is 0.793. The van der Waals surface area contributed by atoms with Crippen molar-refractivity contribution in [3.63, 3.8) is 0 Å². The van der Waals surface area contributed by atoms with Gasteiger partial charge < -0.3 is 14.5 Å². The second-order valence-corrected chi connectivity index (χ2v) is 3.59. The first kappa shape index (κ1) is 16.3. The molecule has 3 aromatic rings. The molecule has 0 aliphatic heterocycles. The van der Waals surface area contributed by atoms with Gasteiger partial charge in [-0.3, -0.25) is 4.98 Å². The van der Waals surface area contributed by atoms with Crippen molar-refractivity contribution < 1.29 is 37.1 Å². The summed E-state index contributed by atoms with van der Waals surface area (Å²) in [6.07, 6.45) is 1.46. The van der Waals surface area contributed by atoms with Crippen molar-refractivity contribution >= 4 is 11.1 Å². The van der Waals surface area contributed by atoms with Crippen LogP contribution in [0, 0.1) is 17.0 Å². The Morgan fingerprint density at radius 3 is 2.45 bits per heavy atom. The van der Waals surface area contributed by atoms with Gasteiger partial charge in [0.1, 0.15) is 17.8 Å². The molecule has 0 fully saturated rings. The fraction of sp³-hybridized carbons (Fsp3) is 0. The van der Waals surface area contributed by atoms with E-state index in [4.69, 9.17) is 14.5 Å². The van der Waals surface area contributed by atoms with E-state index < -0.39 is 0 Å². The molecular weight excluding hydrogens is 335 g/mol. The van der Waals surface area contributed by atoms with Gasteiger partial charge in [0.2, 0.25) is 0 Å². The van der Waals surface area contributed by atoms with Crippen LogP contribution in [0.3, 0.4) is 0 Å². The topological polar surface area (TPSA) is 91.4 Å². The third kappa shape index (κ3) is 3.62. The van der Waals surface area contributed by atoms with E-state index in [0.717, 1.165) is 22.1 Å². The molecule has 2 aromatic heterocycles. The molecule has 1 radical (unpaired) electrons. The van der Waals surface area contributed by atoms with E-state index >= 15 is 0 Å². The maximum Gasteiger partial charge on any atom is 0.147 e. The zero-order valence-electron chi connectivity index (χ0n) is 10.4. The first-order valence-corrected chi connectivity index (χ1v) is 5.33. The van der Waals surface area contributed by atoms with Crippen molar-refractivity contribution in [1.29, 1.82) is 0 Å². The largest absolute Gasteiger partial charge is 0.457 e. The minimum absolute atomic E-state index is 0. The predicted octanol–water partition coefficient (Wildman–Crippen LogP) is 3.32. The van der Waals surface area contributed by atoms with Crippen LogP contribution in [0.5, 0.6) is 0 Å². The van der Waals surface area contributed by atoms with Crippen molar-refractivity contribution in [2.45, 2.75) is 0 Å². The molecule has 20 heavy (non-hydrogen) atoms. The van der Waals surface area contributed by atoms with Gasteiger partial charge >= 0.3 is 0 Å². The quantitative estimate of drug-likeness (QED) is 0.384. The normalized spacial score (nSPS) is 9.20. The molecule has 2 heterocycles. The molecule has 0 spiro atoms. The maximum absolute atomic E-state index is 8.00. The number of hydrogen-bond acceptors (Lipinski definition) is 6. The van der Waals surface area contributed by atoms with Crippen molar-refractivity contribution in [1.82, 2.24) is 9.97 Å². The Balaban J connectivity index is 0.000000462. The number of furan rings is 1. The summed E-state index contributed by atoms with van der Waals surface area (Å²) < 4.78 is 5.64. The Kier molecular flexibility index (Phi) is 6.28. The number of hydrogen-bond donors (Lipinski definition) is 0. The molecule has 0 bridgehead atoms. The van der Waals surface area contributed by atoms with Gasteiger partial charge in [-0.15, -0.1) is 5.34 Å². The number of nitrogens with zero attached hydrogens (tertiary/aromatic N) is 3. The molecule has 0 saturated carbocycles.